The molecule has 1 fully saturated rings. The summed E-state index contributed by atoms with van der Waals surface area (Å²) in [6.07, 6.45) is 0. The molecule has 2 N–H and O–H groups in total. The summed E-state index contributed by atoms with van der Waals surface area (Å²) in [5, 5.41) is 4.54. The van der Waals surface area contributed by atoms with E-state index in [1.165, 1.54) is 17.4 Å². The number of carbonyl (C=O) groups is 2. The lowest BCUT2D eigenvalue weighted by molar-refractivity contribution is -0.125. The van der Waals surface area contributed by atoms with Gasteiger partial charge in [0.05, 0.1) is 10.4 Å². The van der Waals surface area contributed by atoms with Gasteiger partial charge in [0.1, 0.15) is 4.21 Å². The minimum atomic E-state index is -3.56. The number of amides is 3. The molecular weight excluding hydrogens is 376 g/mol. The van der Waals surface area contributed by atoms with E-state index in [0.29, 0.717) is 17.4 Å². The van der Waals surface area contributed by atoms with Crippen LogP contribution in [0.3, 0.4) is 0 Å². The molecule has 0 spiro atoms. The number of nitrogens with zero attached hydrogens (tertiary/aromatic N) is 2. The standard InChI is InChI=1S/C13H19ClN4O4S2/c1-9(12(19)16-13(20)15-2)17-5-7-18(8-6-17)24(21,22)11-4-3-10(14)23-11/h3-4,9H,5-8H2,1-2H3,(H2,15,16,19,20). The van der Waals surface area contributed by atoms with Gasteiger partial charge in [0.25, 0.3) is 10.0 Å². The Morgan fingerprint density at radius 1 is 1.25 bits per heavy atom. The molecule has 0 aliphatic carbocycles. The molecule has 2 rings (SSSR count). The molecule has 1 aliphatic heterocycles. The van der Waals surface area contributed by atoms with Crippen molar-refractivity contribution in [1.29, 1.82) is 0 Å². The smallest absolute Gasteiger partial charge is 0.321 e. The predicted octanol–water partition coefficient (Wildman–Crippen LogP) is 0.552. The van der Waals surface area contributed by atoms with Crippen LogP contribution in [0.5, 0.6) is 0 Å². The number of carbonyl (C=O) groups excluding carboxylic acids is 2. The summed E-state index contributed by atoms with van der Waals surface area (Å²) in [7, 11) is -2.13. The van der Waals surface area contributed by atoms with Crippen molar-refractivity contribution in [2.75, 3.05) is 33.2 Å². The quantitative estimate of drug-likeness (QED) is 0.777. The minimum absolute atomic E-state index is 0.214. The van der Waals surface area contributed by atoms with Gasteiger partial charge in [-0.3, -0.25) is 15.0 Å². The van der Waals surface area contributed by atoms with Crippen LogP contribution >= 0.6 is 22.9 Å². The van der Waals surface area contributed by atoms with Crippen LogP contribution in [0.25, 0.3) is 0 Å². The molecule has 0 bridgehead atoms. The van der Waals surface area contributed by atoms with Crippen molar-refractivity contribution in [3.05, 3.63) is 16.5 Å². The number of nitrogens with one attached hydrogen (secondary N) is 2. The first-order valence-corrected chi connectivity index (χ1v) is 9.91. The van der Waals surface area contributed by atoms with Crippen LogP contribution in [0.2, 0.25) is 4.34 Å². The van der Waals surface area contributed by atoms with Gasteiger partial charge in [-0.05, 0) is 19.1 Å². The third kappa shape index (κ3) is 4.25. The highest BCUT2D eigenvalue weighted by Gasteiger charge is 2.32. The fourth-order valence-electron chi connectivity index (χ4n) is 2.34. The molecule has 8 nitrogen and oxygen atoms in total. The van der Waals surface area contributed by atoms with Gasteiger partial charge >= 0.3 is 6.03 Å². The second kappa shape index (κ2) is 7.79. The molecule has 3 amide bonds. The normalized spacial score (nSPS) is 18.1. The Morgan fingerprint density at radius 2 is 1.88 bits per heavy atom. The molecule has 134 valence electrons. The SMILES string of the molecule is CNC(=O)NC(=O)C(C)N1CCN(S(=O)(=O)c2ccc(Cl)s2)CC1. The van der Waals surface area contributed by atoms with Crippen molar-refractivity contribution in [1.82, 2.24) is 19.8 Å². The van der Waals surface area contributed by atoms with Gasteiger partial charge in [-0.25, -0.2) is 13.2 Å². The molecule has 0 saturated carbocycles. The van der Waals surface area contributed by atoms with Gasteiger partial charge in [0.15, 0.2) is 0 Å². The lowest BCUT2D eigenvalue weighted by atomic mass is 10.2. The Hall–Kier alpha value is -1.20. The summed E-state index contributed by atoms with van der Waals surface area (Å²) in [5.74, 6) is -0.421. The summed E-state index contributed by atoms with van der Waals surface area (Å²) >= 11 is 6.83. The van der Waals surface area contributed by atoms with E-state index in [1.807, 2.05) is 4.90 Å². The molecule has 2 heterocycles. The summed E-state index contributed by atoms with van der Waals surface area (Å²) in [4.78, 5) is 25.0. The van der Waals surface area contributed by atoms with E-state index in [4.69, 9.17) is 11.6 Å². The number of hydrogen-bond donors (Lipinski definition) is 2. The fourth-order valence-corrected chi connectivity index (χ4v) is 5.40. The van der Waals surface area contributed by atoms with Crippen molar-refractivity contribution in [2.24, 2.45) is 0 Å². The van der Waals surface area contributed by atoms with Crippen LogP contribution in [0.4, 0.5) is 4.79 Å². The first kappa shape index (κ1) is 19.1. The van der Waals surface area contributed by atoms with E-state index in [2.05, 4.69) is 10.6 Å². The summed E-state index contributed by atoms with van der Waals surface area (Å²) in [6.45, 7) is 3.04. The summed E-state index contributed by atoms with van der Waals surface area (Å²) < 4.78 is 27.1. The van der Waals surface area contributed by atoms with Gasteiger partial charge in [-0.1, -0.05) is 11.6 Å². The number of halogens is 1. The average molecular weight is 395 g/mol. The molecule has 1 aromatic heterocycles. The zero-order valence-electron chi connectivity index (χ0n) is 13.3. The van der Waals surface area contributed by atoms with Gasteiger partial charge in [0.2, 0.25) is 5.91 Å². The lowest BCUT2D eigenvalue weighted by Crippen LogP contribution is -2.56. The van der Waals surface area contributed by atoms with Crippen LogP contribution in [0.15, 0.2) is 16.3 Å². The molecule has 0 radical (unpaired) electrons. The van der Waals surface area contributed by atoms with E-state index in [0.717, 1.165) is 11.3 Å². The first-order valence-electron chi connectivity index (χ1n) is 7.28. The largest absolute Gasteiger partial charge is 0.341 e. The molecule has 1 aliphatic rings. The molecule has 1 unspecified atom stereocenters. The maximum absolute atomic E-state index is 12.5. The summed E-state index contributed by atoms with van der Waals surface area (Å²) in [6, 6.07) is 1.96. The van der Waals surface area contributed by atoms with E-state index < -0.39 is 28.0 Å². The Morgan fingerprint density at radius 3 is 2.38 bits per heavy atom. The van der Waals surface area contributed by atoms with E-state index in [1.54, 1.807) is 13.0 Å². The second-order valence-electron chi connectivity index (χ2n) is 5.24. The lowest BCUT2D eigenvalue weighted by Gasteiger charge is -2.36. The third-order valence-electron chi connectivity index (χ3n) is 3.81. The molecule has 1 atom stereocenters. The van der Waals surface area contributed by atoms with Crippen LogP contribution in [0.1, 0.15) is 6.92 Å². The van der Waals surface area contributed by atoms with E-state index in [-0.39, 0.29) is 17.3 Å². The van der Waals surface area contributed by atoms with Gasteiger partial charge in [-0.2, -0.15) is 4.31 Å². The Balaban J connectivity index is 1.96. The molecular formula is C13H19ClN4O4S2. The van der Waals surface area contributed by atoms with Gasteiger partial charge < -0.3 is 5.32 Å². The Bertz CT molecular complexity index is 713. The number of hydrogen-bond acceptors (Lipinski definition) is 6. The molecule has 24 heavy (non-hydrogen) atoms. The monoisotopic (exact) mass is 394 g/mol. The van der Waals surface area contributed by atoms with Crippen molar-refractivity contribution in [3.63, 3.8) is 0 Å². The zero-order chi connectivity index (χ0) is 17.9. The molecule has 11 heteroatoms. The Labute approximate surface area is 149 Å². The Kier molecular flexibility index (Phi) is 6.21. The van der Waals surface area contributed by atoms with Crippen molar-refractivity contribution in [3.8, 4) is 0 Å². The van der Waals surface area contributed by atoms with Crippen LogP contribution in [-0.4, -0.2) is 68.8 Å². The topological polar surface area (TPSA) is 98.8 Å². The van der Waals surface area contributed by atoms with E-state index in [9.17, 15) is 18.0 Å². The number of imide groups is 1. The number of rotatable bonds is 4. The molecule has 1 saturated heterocycles. The van der Waals surface area contributed by atoms with Crippen LogP contribution in [-0.2, 0) is 14.8 Å². The average Bonchev–Trinajstić information content (AvgIpc) is 3.01. The number of piperazine rings is 1. The summed E-state index contributed by atoms with van der Waals surface area (Å²) in [5.41, 5.74) is 0. The highest BCUT2D eigenvalue weighted by atomic mass is 35.5. The number of urea groups is 1. The molecule has 1 aromatic rings. The maximum atomic E-state index is 12.5. The molecule has 0 aromatic carbocycles. The van der Waals surface area contributed by atoms with Crippen molar-refractivity contribution in [2.45, 2.75) is 17.2 Å². The van der Waals surface area contributed by atoms with Gasteiger partial charge in [-0.15, -0.1) is 11.3 Å². The third-order valence-corrected chi connectivity index (χ3v) is 7.40. The van der Waals surface area contributed by atoms with Crippen LogP contribution in [0, 0.1) is 0 Å². The number of thiophene rings is 1. The highest BCUT2D eigenvalue weighted by Crippen LogP contribution is 2.28. The van der Waals surface area contributed by atoms with Crippen molar-refractivity contribution >= 4 is 44.9 Å². The first-order chi connectivity index (χ1) is 11.3. The fraction of sp³-hybridized carbons (Fsp3) is 0.538. The van der Waals surface area contributed by atoms with E-state index >= 15 is 0 Å². The maximum Gasteiger partial charge on any atom is 0.321 e. The van der Waals surface area contributed by atoms with Crippen molar-refractivity contribution < 1.29 is 18.0 Å². The predicted molar refractivity (Wildman–Crippen MR) is 91.7 cm³/mol. The minimum Gasteiger partial charge on any atom is -0.341 e. The van der Waals surface area contributed by atoms with Gasteiger partial charge in [0, 0.05) is 33.2 Å². The number of sulfonamides is 1. The zero-order valence-corrected chi connectivity index (χ0v) is 15.7. The van der Waals surface area contributed by atoms with Crippen LogP contribution < -0.4 is 10.6 Å². The second-order valence-corrected chi connectivity index (χ2v) is 9.12. The highest BCUT2D eigenvalue weighted by molar-refractivity contribution is 7.91.